The summed E-state index contributed by atoms with van der Waals surface area (Å²) in [4.78, 5) is 0. The van der Waals surface area contributed by atoms with Crippen LogP contribution < -0.4 is 0 Å². The molecule has 5 rings (SSSR count). The van der Waals surface area contributed by atoms with Crippen molar-refractivity contribution in [3.63, 3.8) is 0 Å². The molecular weight excluding hydrogens is 462 g/mol. The first-order valence-corrected chi connectivity index (χ1v) is 16.0. The van der Waals surface area contributed by atoms with E-state index in [1.54, 1.807) is 5.57 Å². The van der Waals surface area contributed by atoms with Crippen molar-refractivity contribution < 1.29 is 4.74 Å². The third-order valence-corrected chi connectivity index (χ3v) is 12.0. The predicted molar refractivity (Wildman–Crippen MR) is 158 cm³/mol. The van der Waals surface area contributed by atoms with Crippen molar-refractivity contribution in [2.45, 2.75) is 111 Å². The van der Waals surface area contributed by atoms with E-state index in [1.807, 2.05) is 0 Å². The molecule has 8 atom stereocenters. The fraction of sp³-hybridized carbons (Fsp3) is 0.750. The molecule has 208 valence electrons. The lowest BCUT2D eigenvalue weighted by Crippen LogP contribution is -2.51. The van der Waals surface area contributed by atoms with Crippen LogP contribution in [-0.2, 0) is 4.74 Å². The van der Waals surface area contributed by atoms with Crippen LogP contribution in [0.2, 0.25) is 0 Å². The maximum Gasteiger partial charge on any atom is 0.0968 e. The number of fused-ring (bicyclic) bond motifs is 5. The van der Waals surface area contributed by atoms with E-state index in [-0.39, 0.29) is 12.0 Å². The summed E-state index contributed by atoms with van der Waals surface area (Å²) in [5.74, 6) is 5.55. The minimum atomic E-state index is 0.246. The Bertz CT molecular complexity index is 997. The highest BCUT2D eigenvalue weighted by Crippen LogP contribution is 2.67. The van der Waals surface area contributed by atoms with Crippen molar-refractivity contribution in [3.8, 4) is 6.07 Å². The number of rotatable bonds is 9. The standard InChI is InChI=1S/C36H53NO/c1-25(2)9-8-10-26(3)32-15-16-33-31-14-13-29-22-30(38-24-28(23-37)21-27-11-6-7-12-27)17-19-35(29,4)34(31)18-20-36(32,33)5/h6-7,11-13,21,25-27,30-34H,8-10,14-20,22,24H2,1-5H3/b28-21+/t26-,30?,31+,32-,33+,34+,35+,36-/m1/s1. The summed E-state index contributed by atoms with van der Waals surface area (Å²) in [6.07, 6.45) is 28.1. The van der Waals surface area contributed by atoms with Crippen molar-refractivity contribution in [2.75, 3.05) is 6.61 Å². The van der Waals surface area contributed by atoms with Gasteiger partial charge < -0.3 is 4.74 Å². The van der Waals surface area contributed by atoms with Gasteiger partial charge in [-0.1, -0.05) is 95.9 Å². The van der Waals surface area contributed by atoms with Crippen LogP contribution in [0.4, 0.5) is 0 Å². The summed E-state index contributed by atoms with van der Waals surface area (Å²) in [6.45, 7) is 13.1. The molecule has 0 aromatic carbocycles. The van der Waals surface area contributed by atoms with Crippen molar-refractivity contribution >= 4 is 0 Å². The van der Waals surface area contributed by atoms with Gasteiger partial charge in [-0.2, -0.15) is 5.26 Å². The van der Waals surface area contributed by atoms with E-state index in [2.05, 4.69) is 77.1 Å². The van der Waals surface area contributed by atoms with Gasteiger partial charge in [-0.25, -0.2) is 0 Å². The fourth-order valence-electron chi connectivity index (χ4n) is 9.91. The minimum Gasteiger partial charge on any atom is -0.372 e. The molecular formula is C36H53NO. The number of nitrogens with zero attached hydrogens (tertiary/aromatic N) is 1. The molecule has 0 heterocycles. The molecule has 0 aromatic rings. The second-order valence-corrected chi connectivity index (χ2v) is 14.6. The van der Waals surface area contributed by atoms with Crippen molar-refractivity contribution in [1.82, 2.24) is 0 Å². The van der Waals surface area contributed by atoms with Crippen molar-refractivity contribution in [1.29, 1.82) is 5.26 Å². The Morgan fingerprint density at radius 3 is 2.58 bits per heavy atom. The Labute approximate surface area is 233 Å². The maximum absolute atomic E-state index is 9.63. The molecule has 0 N–H and O–H groups in total. The number of hydrogen-bond acceptors (Lipinski definition) is 2. The molecule has 0 aliphatic heterocycles. The van der Waals surface area contributed by atoms with Gasteiger partial charge in [0.05, 0.1) is 24.4 Å². The average molecular weight is 516 g/mol. The second-order valence-electron chi connectivity index (χ2n) is 14.6. The Balaban J connectivity index is 1.21. The Kier molecular flexibility index (Phi) is 8.45. The van der Waals surface area contributed by atoms with Crippen LogP contribution in [0.3, 0.4) is 0 Å². The molecule has 3 fully saturated rings. The summed E-state index contributed by atoms with van der Waals surface area (Å²) in [5, 5.41) is 9.63. The second kappa shape index (κ2) is 11.5. The molecule has 5 aliphatic rings. The van der Waals surface area contributed by atoms with Crippen LogP contribution in [0.5, 0.6) is 0 Å². The lowest BCUT2D eigenvalue weighted by Gasteiger charge is -2.58. The van der Waals surface area contributed by atoms with E-state index in [0.29, 0.717) is 17.4 Å². The van der Waals surface area contributed by atoms with Crippen molar-refractivity contribution in [2.24, 2.45) is 52.3 Å². The van der Waals surface area contributed by atoms with Crippen molar-refractivity contribution in [3.05, 3.63) is 47.6 Å². The largest absolute Gasteiger partial charge is 0.372 e. The van der Waals surface area contributed by atoms with Crippen LogP contribution in [-0.4, -0.2) is 12.7 Å². The van der Waals surface area contributed by atoms with Gasteiger partial charge in [0.2, 0.25) is 0 Å². The smallest absolute Gasteiger partial charge is 0.0968 e. The van der Waals surface area contributed by atoms with Gasteiger partial charge >= 0.3 is 0 Å². The first-order chi connectivity index (χ1) is 18.2. The highest BCUT2D eigenvalue weighted by Gasteiger charge is 2.59. The molecule has 2 nitrogen and oxygen atoms in total. The highest BCUT2D eigenvalue weighted by atomic mass is 16.5. The summed E-state index contributed by atoms with van der Waals surface area (Å²) in [5.41, 5.74) is 3.36. The van der Waals surface area contributed by atoms with Crippen LogP contribution in [0, 0.1) is 63.6 Å². The quantitative estimate of drug-likeness (QED) is 0.226. The molecule has 5 aliphatic carbocycles. The molecule has 0 spiro atoms. The van der Waals surface area contributed by atoms with Crippen LogP contribution in [0.25, 0.3) is 0 Å². The topological polar surface area (TPSA) is 33.0 Å². The zero-order valence-corrected chi connectivity index (χ0v) is 24.9. The zero-order chi connectivity index (χ0) is 26.9. The summed E-state index contributed by atoms with van der Waals surface area (Å²) >= 11 is 0. The first-order valence-electron chi connectivity index (χ1n) is 16.0. The third kappa shape index (κ3) is 5.39. The summed E-state index contributed by atoms with van der Waals surface area (Å²) < 4.78 is 6.37. The van der Waals surface area contributed by atoms with Gasteiger partial charge in [-0.15, -0.1) is 0 Å². The third-order valence-electron chi connectivity index (χ3n) is 12.0. The molecule has 0 saturated heterocycles. The lowest BCUT2D eigenvalue weighted by molar-refractivity contribution is -0.0623. The molecule has 38 heavy (non-hydrogen) atoms. The van der Waals surface area contributed by atoms with Gasteiger partial charge in [0, 0.05) is 5.92 Å². The van der Waals surface area contributed by atoms with Gasteiger partial charge in [-0.05, 0) is 97.7 Å². The fourth-order valence-corrected chi connectivity index (χ4v) is 9.91. The highest BCUT2D eigenvalue weighted by molar-refractivity contribution is 5.31. The molecule has 0 radical (unpaired) electrons. The molecule has 1 unspecified atom stereocenters. The summed E-state index contributed by atoms with van der Waals surface area (Å²) in [7, 11) is 0. The van der Waals surface area contributed by atoms with Crippen LogP contribution >= 0.6 is 0 Å². The van der Waals surface area contributed by atoms with E-state index in [1.165, 1.54) is 57.8 Å². The normalized spacial score (nSPS) is 39.4. The monoisotopic (exact) mass is 515 g/mol. The van der Waals surface area contributed by atoms with E-state index in [4.69, 9.17) is 4.74 Å². The lowest BCUT2D eigenvalue weighted by atomic mass is 9.47. The minimum absolute atomic E-state index is 0.246. The Morgan fingerprint density at radius 2 is 1.84 bits per heavy atom. The summed E-state index contributed by atoms with van der Waals surface area (Å²) in [6, 6.07) is 2.38. The average Bonchev–Trinajstić information content (AvgIpc) is 3.53. The van der Waals surface area contributed by atoms with Crippen LogP contribution in [0.15, 0.2) is 47.6 Å². The van der Waals surface area contributed by atoms with Gasteiger partial charge in [0.25, 0.3) is 0 Å². The molecule has 2 heteroatoms. The van der Waals surface area contributed by atoms with E-state index in [9.17, 15) is 5.26 Å². The Morgan fingerprint density at radius 1 is 1.05 bits per heavy atom. The number of hydrogen-bond donors (Lipinski definition) is 0. The van der Waals surface area contributed by atoms with E-state index >= 15 is 0 Å². The number of ether oxygens (including phenoxy) is 1. The molecule has 0 bridgehead atoms. The first kappa shape index (κ1) is 28.0. The maximum atomic E-state index is 9.63. The van der Waals surface area contributed by atoms with E-state index in [0.717, 1.165) is 53.9 Å². The molecule has 0 aromatic heterocycles. The predicted octanol–water partition coefficient (Wildman–Crippen LogP) is 9.61. The number of nitriles is 1. The molecule has 3 saturated carbocycles. The van der Waals surface area contributed by atoms with Gasteiger partial charge in [0.1, 0.15) is 0 Å². The molecule has 0 amide bonds. The van der Waals surface area contributed by atoms with E-state index < -0.39 is 0 Å². The SMILES string of the molecule is CC(C)CCC[C@@H](C)[C@H]1CC[C@H]2[C@@H]3CC=C4CC(OC/C(C#N)=C/C5C=CC=C5)CC[C@]4(C)[C@H]3CC[C@]12C. The zero-order valence-electron chi connectivity index (χ0n) is 24.9. The van der Waals surface area contributed by atoms with Gasteiger partial charge in [0.15, 0.2) is 0 Å². The van der Waals surface area contributed by atoms with Crippen LogP contribution in [0.1, 0.15) is 105 Å². The Hall–Kier alpha value is -1.59. The van der Waals surface area contributed by atoms with Gasteiger partial charge in [-0.3, -0.25) is 0 Å². The number of allylic oxidation sites excluding steroid dienone is 6.